The van der Waals surface area contributed by atoms with Crippen molar-refractivity contribution in [2.24, 2.45) is 0 Å². The molecule has 1 amide bonds. The maximum Gasteiger partial charge on any atom is 0.274 e. The number of hydrogen-bond donors (Lipinski definition) is 1. The number of aromatic nitrogens is 4. The highest BCUT2D eigenvalue weighted by molar-refractivity contribution is 6.04. The quantitative estimate of drug-likeness (QED) is 0.805. The van der Waals surface area contributed by atoms with Gasteiger partial charge in [-0.1, -0.05) is 12.5 Å². The highest BCUT2D eigenvalue weighted by atomic mass is 16.1. The summed E-state index contributed by atoms with van der Waals surface area (Å²) in [4.78, 5) is 16.3. The molecule has 6 nitrogen and oxygen atoms in total. The van der Waals surface area contributed by atoms with Crippen molar-refractivity contribution >= 4 is 17.2 Å². The highest BCUT2D eigenvalue weighted by Gasteiger charge is 2.25. The molecule has 0 atom stereocenters. The molecular weight excluding hydrogens is 278 g/mol. The van der Waals surface area contributed by atoms with Gasteiger partial charge in [-0.2, -0.15) is 0 Å². The zero-order valence-electron chi connectivity index (χ0n) is 11.9. The molecule has 1 saturated carbocycles. The molecule has 0 aromatic carbocycles. The van der Waals surface area contributed by atoms with Gasteiger partial charge in [0.25, 0.3) is 5.91 Å². The Hall–Kier alpha value is -2.76. The van der Waals surface area contributed by atoms with Crippen molar-refractivity contribution < 1.29 is 4.79 Å². The third kappa shape index (κ3) is 2.13. The SMILES string of the molecule is O=C(Nc1cccn2c(C3CCC3)nnc12)c1ccccn1. The van der Waals surface area contributed by atoms with Crippen molar-refractivity contribution in [1.82, 2.24) is 19.6 Å². The monoisotopic (exact) mass is 293 g/mol. The molecule has 0 bridgehead atoms. The summed E-state index contributed by atoms with van der Waals surface area (Å²) in [6.45, 7) is 0. The number of carbonyl (C=O) groups excluding carboxylic acids is 1. The normalized spacial score (nSPS) is 14.7. The van der Waals surface area contributed by atoms with Crippen molar-refractivity contribution in [1.29, 1.82) is 0 Å². The Morgan fingerprint density at radius 3 is 2.82 bits per heavy atom. The maximum absolute atomic E-state index is 12.2. The van der Waals surface area contributed by atoms with Gasteiger partial charge in [-0.3, -0.25) is 14.2 Å². The molecule has 0 unspecified atom stereocenters. The van der Waals surface area contributed by atoms with E-state index >= 15 is 0 Å². The van der Waals surface area contributed by atoms with Gasteiger partial charge < -0.3 is 5.32 Å². The average Bonchev–Trinajstić information content (AvgIpc) is 2.91. The topological polar surface area (TPSA) is 72.2 Å². The minimum Gasteiger partial charge on any atom is -0.317 e. The largest absolute Gasteiger partial charge is 0.317 e. The molecule has 0 saturated heterocycles. The van der Waals surface area contributed by atoms with Gasteiger partial charge in [0.05, 0.1) is 5.69 Å². The Morgan fingerprint density at radius 2 is 2.09 bits per heavy atom. The summed E-state index contributed by atoms with van der Waals surface area (Å²) in [6, 6.07) is 8.97. The van der Waals surface area contributed by atoms with Crippen LogP contribution in [0, 0.1) is 0 Å². The Balaban J connectivity index is 1.67. The van der Waals surface area contributed by atoms with Crippen molar-refractivity contribution in [3.05, 3.63) is 54.2 Å². The molecule has 6 heteroatoms. The molecule has 22 heavy (non-hydrogen) atoms. The van der Waals surface area contributed by atoms with Crippen LogP contribution >= 0.6 is 0 Å². The van der Waals surface area contributed by atoms with E-state index in [0.29, 0.717) is 22.9 Å². The minimum absolute atomic E-state index is 0.248. The van der Waals surface area contributed by atoms with E-state index in [1.165, 1.54) is 6.42 Å². The van der Waals surface area contributed by atoms with Crippen molar-refractivity contribution in [3.63, 3.8) is 0 Å². The van der Waals surface area contributed by atoms with E-state index in [1.807, 2.05) is 22.7 Å². The first-order valence-electron chi connectivity index (χ1n) is 7.39. The number of amides is 1. The van der Waals surface area contributed by atoms with Gasteiger partial charge in [-0.05, 0) is 37.1 Å². The second kappa shape index (κ2) is 5.22. The molecule has 1 fully saturated rings. The summed E-state index contributed by atoms with van der Waals surface area (Å²) in [5, 5.41) is 11.4. The van der Waals surface area contributed by atoms with E-state index in [2.05, 4.69) is 20.5 Å². The molecule has 1 aliphatic rings. The summed E-state index contributed by atoms with van der Waals surface area (Å²) in [6.07, 6.45) is 7.10. The van der Waals surface area contributed by atoms with Crippen molar-refractivity contribution in [2.45, 2.75) is 25.2 Å². The van der Waals surface area contributed by atoms with Gasteiger partial charge in [0.2, 0.25) is 0 Å². The third-order valence-electron chi connectivity index (χ3n) is 4.08. The van der Waals surface area contributed by atoms with Gasteiger partial charge in [-0.25, -0.2) is 0 Å². The second-order valence-corrected chi connectivity index (χ2v) is 5.47. The standard InChI is InChI=1S/C16H15N5O/c22-16(13-7-1-2-9-17-13)18-12-8-4-10-21-14(11-5-3-6-11)19-20-15(12)21/h1-2,4,7-11H,3,5-6H2,(H,18,22). The van der Waals surface area contributed by atoms with Crippen LogP contribution in [0.5, 0.6) is 0 Å². The van der Waals surface area contributed by atoms with Gasteiger partial charge >= 0.3 is 0 Å². The lowest BCUT2D eigenvalue weighted by Crippen LogP contribution is -2.15. The van der Waals surface area contributed by atoms with E-state index in [9.17, 15) is 4.79 Å². The summed E-state index contributed by atoms with van der Waals surface area (Å²) in [7, 11) is 0. The van der Waals surface area contributed by atoms with Gasteiger partial charge in [0.15, 0.2) is 5.65 Å². The lowest BCUT2D eigenvalue weighted by Gasteiger charge is -2.23. The fraction of sp³-hybridized carbons (Fsp3) is 0.250. The molecule has 1 N–H and O–H groups in total. The molecular formula is C16H15N5O. The Bertz CT molecular complexity index is 823. The van der Waals surface area contributed by atoms with E-state index in [1.54, 1.807) is 24.4 Å². The summed E-state index contributed by atoms with van der Waals surface area (Å²) in [5.41, 5.74) is 1.70. The van der Waals surface area contributed by atoms with Gasteiger partial charge in [-0.15, -0.1) is 10.2 Å². The molecule has 3 heterocycles. The van der Waals surface area contributed by atoms with Crippen LogP contribution in [0.1, 0.15) is 41.5 Å². The van der Waals surface area contributed by atoms with E-state index in [4.69, 9.17) is 0 Å². The number of pyridine rings is 2. The van der Waals surface area contributed by atoms with Crippen LogP contribution in [0.15, 0.2) is 42.7 Å². The number of nitrogens with one attached hydrogen (secondary N) is 1. The zero-order chi connectivity index (χ0) is 14.9. The van der Waals surface area contributed by atoms with Crippen LogP contribution in [0.3, 0.4) is 0 Å². The first-order valence-corrected chi connectivity index (χ1v) is 7.39. The zero-order valence-corrected chi connectivity index (χ0v) is 11.9. The molecule has 1 aliphatic carbocycles. The number of rotatable bonds is 3. The first-order chi connectivity index (χ1) is 10.8. The van der Waals surface area contributed by atoms with Crippen LogP contribution in [-0.2, 0) is 0 Å². The van der Waals surface area contributed by atoms with Crippen molar-refractivity contribution in [3.8, 4) is 0 Å². The van der Waals surface area contributed by atoms with Gasteiger partial charge in [0, 0.05) is 18.3 Å². The fourth-order valence-electron chi connectivity index (χ4n) is 2.66. The van der Waals surface area contributed by atoms with Crippen LogP contribution in [0.4, 0.5) is 5.69 Å². The molecule has 4 rings (SSSR count). The third-order valence-corrected chi connectivity index (χ3v) is 4.08. The number of hydrogen-bond acceptors (Lipinski definition) is 4. The van der Waals surface area contributed by atoms with Crippen molar-refractivity contribution in [2.75, 3.05) is 5.32 Å². The smallest absolute Gasteiger partial charge is 0.274 e. The fourth-order valence-corrected chi connectivity index (χ4v) is 2.66. The molecule has 0 radical (unpaired) electrons. The molecule has 0 spiro atoms. The van der Waals surface area contributed by atoms with Crippen LogP contribution in [0.2, 0.25) is 0 Å². The van der Waals surface area contributed by atoms with Gasteiger partial charge in [0.1, 0.15) is 11.5 Å². The van der Waals surface area contributed by atoms with E-state index < -0.39 is 0 Å². The highest BCUT2D eigenvalue weighted by Crippen LogP contribution is 2.35. The Kier molecular flexibility index (Phi) is 3.07. The number of nitrogens with zero attached hydrogens (tertiary/aromatic N) is 4. The van der Waals surface area contributed by atoms with E-state index in [0.717, 1.165) is 18.7 Å². The van der Waals surface area contributed by atoms with Crippen LogP contribution < -0.4 is 5.32 Å². The predicted octanol–water partition coefficient (Wildman–Crippen LogP) is 2.64. The van der Waals surface area contributed by atoms with Crippen LogP contribution in [-0.4, -0.2) is 25.5 Å². The molecule has 3 aromatic heterocycles. The predicted molar refractivity (Wildman–Crippen MR) is 81.8 cm³/mol. The number of anilines is 1. The Morgan fingerprint density at radius 1 is 1.18 bits per heavy atom. The maximum atomic E-state index is 12.2. The molecule has 0 aliphatic heterocycles. The summed E-state index contributed by atoms with van der Waals surface area (Å²) >= 11 is 0. The summed E-state index contributed by atoms with van der Waals surface area (Å²) in [5.74, 6) is 1.22. The summed E-state index contributed by atoms with van der Waals surface area (Å²) < 4.78 is 1.97. The lowest BCUT2D eigenvalue weighted by molar-refractivity contribution is 0.102. The van der Waals surface area contributed by atoms with Crippen LogP contribution in [0.25, 0.3) is 5.65 Å². The minimum atomic E-state index is -0.248. The van der Waals surface area contributed by atoms with E-state index in [-0.39, 0.29) is 5.91 Å². The number of carbonyl (C=O) groups is 1. The average molecular weight is 293 g/mol. The Labute approximate surface area is 127 Å². The first kappa shape index (κ1) is 12.9. The lowest BCUT2D eigenvalue weighted by atomic mass is 9.85. The number of fused-ring (bicyclic) bond motifs is 1. The second-order valence-electron chi connectivity index (χ2n) is 5.47. The molecule has 110 valence electrons. The molecule has 3 aromatic rings.